The topological polar surface area (TPSA) is 80.7 Å². The minimum Gasteiger partial charge on any atom is -0.354 e. The lowest BCUT2D eigenvalue weighted by molar-refractivity contribution is 0.585. The summed E-state index contributed by atoms with van der Waals surface area (Å²) in [6, 6.07) is 1.28. The van der Waals surface area contributed by atoms with Crippen LogP contribution < -0.4 is 10.6 Å². The van der Waals surface area contributed by atoms with Gasteiger partial charge in [-0.15, -0.1) is 12.4 Å². The lowest BCUT2D eigenvalue weighted by atomic mass is 10.1. The molecule has 10 heteroatoms. The highest BCUT2D eigenvalue weighted by atomic mass is 35.5. The molecule has 0 aliphatic carbocycles. The number of aromatic nitrogens is 2. The molecule has 23 heavy (non-hydrogen) atoms. The molecule has 0 radical (unpaired) electrons. The van der Waals surface area contributed by atoms with E-state index in [2.05, 4.69) is 5.10 Å². The van der Waals surface area contributed by atoms with Gasteiger partial charge in [0, 0.05) is 24.7 Å². The Morgan fingerprint density at radius 2 is 2.00 bits per heavy atom. The molecule has 128 valence electrons. The first-order valence-corrected chi connectivity index (χ1v) is 9.06. The fraction of sp³-hybridized carbons (Fsp3) is 0.462. The summed E-state index contributed by atoms with van der Waals surface area (Å²) in [7, 11) is -3.02. The molecule has 0 spiro atoms. The Bertz CT molecular complexity index is 824. The van der Waals surface area contributed by atoms with Gasteiger partial charge in [-0.1, -0.05) is 11.6 Å². The second-order valence-electron chi connectivity index (χ2n) is 5.45. The average molecular weight is 383 g/mol. The van der Waals surface area contributed by atoms with Gasteiger partial charge in [-0.2, -0.15) is 5.10 Å². The van der Waals surface area contributed by atoms with Crippen LogP contribution in [0.15, 0.2) is 12.3 Å². The van der Waals surface area contributed by atoms with Crippen LogP contribution in [-0.4, -0.2) is 42.6 Å². The molecule has 1 aliphatic rings. The number of nitrogens with zero attached hydrogens (tertiary/aromatic N) is 3. The molecule has 6 nitrogen and oxygen atoms in total. The molecule has 1 aliphatic heterocycles. The highest BCUT2D eigenvalue weighted by Gasteiger charge is 2.27. The molecule has 3 heterocycles. The summed E-state index contributed by atoms with van der Waals surface area (Å²) in [5.74, 6) is 0.193. The first-order chi connectivity index (χ1) is 10.3. The van der Waals surface area contributed by atoms with Crippen LogP contribution in [-0.2, 0) is 9.84 Å². The lowest BCUT2D eigenvalue weighted by Gasteiger charge is -2.31. The van der Waals surface area contributed by atoms with Gasteiger partial charge in [0.05, 0.1) is 22.7 Å². The predicted molar refractivity (Wildman–Crippen MR) is 90.9 cm³/mol. The molecular weight excluding hydrogens is 366 g/mol. The minimum absolute atomic E-state index is 0. The fourth-order valence-electron chi connectivity index (χ4n) is 2.67. The molecular formula is C13H17Cl2FN4O2S. The standard InChI is InChI=1S/C13H16ClFN4O2S.ClH/c1-8(16)9-6-10(14)12-11(15)7-17-19(12)13(9)18-2-4-22(20,21)5-3-18;/h6-8H,2-5,16H2,1H3;1H. The zero-order valence-electron chi connectivity index (χ0n) is 12.4. The smallest absolute Gasteiger partial charge is 0.170 e. The van der Waals surface area contributed by atoms with Gasteiger partial charge in [0.2, 0.25) is 0 Å². The third-order valence-electron chi connectivity index (χ3n) is 3.83. The van der Waals surface area contributed by atoms with Crippen LogP contribution in [0.1, 0.15) is 18.5 Å². The molecule has 1 unspecified atom stereocenters. The van der Waals surface area contributed by atoms with E-state index in [1.54, 1.807) is 13.0 Å². The van der Waals surface area contributed by atoms with Gasteiger partial charge in [0.1, 0.15) is 11.3 Å². The van der Waals surface area contributed by atoms with Crippen molar-refractivity contribution in [1.29, 1.82) is 0 Å². The largest absolute Gasteiger partial charge is 0.354 e. The van der Waals surface area contributed by atoms with Crippen molar-refractivity contribution in [1.82, 2.24) is 9.61 Å². The van der Waals surface area contributed by atoms with Crippen molar-refractivity contribution in [2.45, 2.75) is 13.0 Å². The molecule has 0 amide bonds. The Labute approximate surface area is 144 Å². The number of halogens is 3. The van der Waals surface area contributed by atoms with E-state index in [-0.39, 0.29) is 40.5 Å². The van der Waals surface area contributed by atoms with Gasteiger partial charge < -0.3 is 10.6 Å². The van der Waals surface area contributed by atoms with Crippen LogP contribution in [0.3, 0.4) is 0 Å². The van der Waals surface area contributed by atoms with Gasteiger partial charge >= 0.3 is 0 Å². The summed E-state index contributed by atoms with van der Waals surface area (Å²) < 4.78 is 38.5. The molecule has 1 atom stereocenters. The van der Waals surface area contributed by atoms with Crippen LogP contribution in [0.2, 0.25) is 5.02 Å². The number of anilines is 1. The lowest BCUT2D eigenvalue weighted by Crippen LogP contribution is -2.42. The molecule has 1 fully saturated rings. The highest BCUT2D eigenvalue weighted by molar-refractivity contribution is 7.91. The third-order valence-corrected chi connectivity index (χ3v) is 5.72. The molecule has 3 rings (SSSR count). The van der Waals surface area contributed by atoms with Crippen molar-refractivity contribution in [3.8, 4) is 0 Å². The van der Waals surface area contributed by atoms with E-state index in [4.69, 9.17) is 17.3 Å². The van der Waals surface area contributed by atoms with E-state index in [0.29, 0.717) is 24.5 Å². The normalized spacial score (nSPS) is 18.7. The van der Waals surface area contributed by atoms with Gasteiger partial charge in [-0.3, -0.25) is 0 Å². The summed E-state index contributed by atoms with van der Waals surface area (Å²) in [4.78, 5) is 1.87. The number of hydrogen-bond donors (Lipinski definition) is 1. The SMILES string of the molecule is CC(N)c1cc(Cl)c2c(F)cnn2c1N1CCS(=O)(=O)CC1.Cl. The summed E-state index contributed by atoms with van der Waals surface area (Å²) >= 11 is 6.14. The van der Waals surface area contributed by atoms with Gasteiger partial charge in [-0.25, -0.2) is 17.3 Å². The maximum atomic E-state index is 13.9. The second-order valence-corrected chi connectivity index (χ2v) is 8.16. The van der Waals surface area contributed by atoms with Crippen LogP contribution in [0.25, 0.3) is 5.52 Å². The zero-order valence-corrected chi connectivity index (χ0v) is 14.8. The van der Waals surface area contributed by atoms with Crippen LogP contribution >= 0.6 is 24.0 Å². The molecule has 2 aromatic heterocycles. The van der Waals surface area contributed by atoms with Crippen molar-refractivity contribution < 1.29 is 12.8 Å². The van der Waals surface area contributed by atoms with E-state index in [1.807, 2.05) is 4.90 Å². The van der Waals surface area contributed by atoms with Crippen molar-refractivity contribution in [3.05, 3.63) is 28.7 Å². The quantitative estimate of drug-likeness (QED) is 0.856. The predicted octanol–water partition coefficient (Wildman–Crippen LogP) is 1.80. The first-order valence-electron chi connectivity index (χ1n) is 6.87. The third kappa shape index (κ3) is 3.26. The van der Waals surface area contributed by atoms with Crippen molar-refractivity contribution in [2.75, 3.05) is 29.5 Å². The molecule has 1 saturated heterocycles. The summed E-state index contributed by atoms with van der Waals surface area (Å²) in [5, 5.41) is 4.28. The van der Waals surface area contributed by atoms with E-state index >= 15 is 0 Å². The van der Waals surface area contributed by atoms with E-state index in [0.717, 1.165) is 6.20 Å². The van der Waals surface area contributed by atoms with Crippen LogP contribution in [0.5, 0.6) is 0 Å². The van der Waals surface area contributed by atoms with Crippen LogP contribution in [0, 0.1) is 5.82 Å². The Hall–Kier alpha value is -1.09. The van der Waals surface area contributed by atoms with Gasteiger partial charge in [0.25, 0.3) is 0 Å². The van der Waals surface area contributed by atoms with E-state index < -0.39 is 15.7 Å². The number of pyridine rings is 1. The molecule has 0 bridgehead atoms. The number of rotatable bonds is 2. The Morgan fingerprint density at radius 1 is 1.39 bits per heavy atom. The number of fused-ring (bicyclic) bond motifs is 1. The maximum absolute atomic E-state index is 13.9. The minimum atomic E-state index is -3.02. The Morgan fingerprint density at radius 3 is 2.57 bits per heavy atom. The molecule has 0 aromatic carbocycles. The maximum Gasteiger partial charge on any atom is 0.170 e. The monoisotopic (exact) mass is 382 g/mol. The van der Waals surface area contributed by atoms with Crippen molar-refractivity contribution in [2.24, 2.45) is 5.73 Å². The molecule has 2 N–H and O–H groups in total. The average Bonchev–Trinajstić information content (AvgIpc) is 2.82. The summed E-state index contributed by atoms with van der Waals surface area (Å²) in [6.07, 6.45) is 1.09. The Kier molecular flexibility index (Phi) is 5.10. The number of nitrogens with two attached hydrogens (primary N) is 1. The Balaban J connectivity index is 0.00000192. The number of sulfone groups is 1. The number of hydrogen-bond acceptors (Lipinski definition) is 5. The van der Waals surface area contributed by atoms with Gasteiger partial charge in [-0.05, 0) is 13.0 Å². The molecule has 0 saturated carbocycles. The van der Waals surface area contributed by atoms with E-state index in [1.165, 1.54) is 4.52 Å². The summed E-state index contributed by atoms with van der Waals surface area (Å²) in [6.45, 7) is 2.43. The van der Waals surface area contributed by atoms with E-state index in [9.17, 15) is 12.8 Å². The zero-order chi connectivity index (χ0) is 16.1. The molecule has 2 aromatic rings. The van der Waals surface area contributed by atoms with Crippen LogP contribution in [0.4, 0.5) is 10.2 Å². The van der Waals surface area contributed by atoms with Crippen molar-refractivity contribution in [3.63, 3.8) is 0 Å². The first kappa shape index (κ1) is 18.3. The second kappa shape index (κ2) is 6.43. The highest BCUT2D eigenvalue weighted by Crippen LogP contribution is 2.33. The summed E-state index contributed by atoms with van der Waals surface area (Å²) in [5.41, 5.74) is 6.89. The van der Waals surface area contributed by atoms with Gasteiger partial charge in [0.15, 0.2) is 15.7 Å². The fourth-order valence-corrected chi connectivity index (χ4v) is 4.16. The van der Waals surface area contributed by atoms with Crippen molar-refractivity contribution >= 4 is 45.2 Å².